The van der Waals surface area contributed by atoms with E-state index < -0.39 is 0 Å². The van der Waals surface area contributed by atoms with Crippen molar-refractivity contribution in [2.45, 2.75) is 0 Å². The van der Waals surface area contributed by atoms with Crippen LogP contribution in [0.5, 0.6) is 0 Å². The molecule has 0 saturated carbocycles. The van der Waals surface area contributed by atoms with E-state index in [1.54, 1.807) is 6.08 Å². The molecule has 0 aromatic carbocycles. The Morgan fingerprint density at radius 2 is 2.43 bits per heavy atom. The first-order valence-electron chi connectivity index (χ1n) is 1.47. The van der Waals surface area contributed by atoms with Crippen molar-refractivity contribution in [1.29, 1.82) is 0 Å². The minimum absolute atomic E-state index is 0. The molecule has 0 heterocycles. The normalized spacial score (nSPS) is 7.43. The van der Waals surface area contributed by atoms with Crippen molar-refractivity contribution in [2.24, 2.45) is 0 Å². The van der Waals surface area contributed by atoms with E-state index in [0.717, 1.165) is 0 Å². The third kappa shape index (κ3) is 10.7. The van der Waals surface area contributed by atoms with Gasteiger partial charge in [0.05, 0.1) is 6.61 Å². The standard InChI is InChI=1S/C3H5OPS.H2O/c1-2-3-4-5-6;/h2H,1,3H2;1H2. The Hall–Kier alpha value is 0.180. The smallest absolute Gasteiger partial charge is 0.137 e. The first kappa shape index (κ1) is 10.2. The van der Waals surface area contributed by atoms with E-state index in [1.807, 2.05) is 0 Å². The molecule has 0 unspecified atom stereocenters. The highest BCUT2D eigenvalue weighted by atomic mass is 32.4. The summed E-state index contributed by atoms with van der Waals surface area (Å²) in [5, 5.41) is 0. The lowest BCUT2D eigenvalue weighted by atomic mass is 10.7. The van der Waals surface area contributed by atoms with Crippen LogP contribution in [0.4, 0.5) is 0 Å². The molecule has 0 aromatic heterocycles. The Morgan fingerprint density at radius 1 is 1.86 bits per heavy atom. The van der Waals surface area contributed by atoms with E-state index in [-0.39, 0.29) is 5.48 Å². The van der Waals surface area contributed by atoms with Crippen LogP contribution in [0.2, 0.25) is 0 Å². The summed E-state index contributed by atoms with van der Waals surface area (Å²) < 4.78 is 4.65. The molecule has 4 heteroatoms. The molecule has 0 radical (unpaired) electrons. The van der Waals surface area contributed by atoms with Crippen LogP contribution in [0.15, 0.2) is 12.7 Å². The van der Waals surface area contributed by atoms with Crippen molar-refractivity contribution in [1.82, 2.24) is 0 Å². The van der Waals surface area contributed by atoms with Gasteiger partial charge in [-0.15, -0.1) is 6.58 Å². The Morgan fingerprint density at radius 3 is 2.57 bits per heavy atom. The van der Waals surface area contributed by atoms with Crippen LogP contribution >= 0.6 is 7.58 Å². The highest BCUT2D eigenvalue weighted by molar-refractivity contribution is 7.94. The van der Waals surface area contributed by atoms with Gasteiger partial charge in [0.15, 0.2) is 0 Å². The van der Waals surface area contributed by atoms with Crippen LogP contribution in [0.3, 0.4) is 0 Å². The fraction of sp³-hybridized carbons (Fsp3) is 0.333. The van der Waals surface area contributed by atoms with Gasteiger partial charge in [0.1, 0.15) is 7.58 Å². The molecule has 2 N–H and O–H groups in total. The molecule has 0 aliphatic heterocycles. The van der Waals surface area contributed by atoms with Crippen molar-refractivity contribution in [3.63, 3.8) is 0 Å². The summed E-state index contributed by atoms with van der Waals surface area (Å²) in [6.07, 6.45) is 1.67. The molecule has 0 aliphatic rings. The first-order chi connectivity index (χ1) is 2.91. The predicted molar refractivity (Wildman–Crippen MR) is 34.0 cm³/mol. The van der Waals surface area contributed by atoms with E-state index in [0.29, 0.717) is 14.2 Å². The van der Waals surface area contributed by atoms with E-state index >= 15 is 0 Å². The second-order valence-corrected chi connectivity index (χ2v) is 1.51. The molecular weight excluding hydrogens is 131 g/mol. The van der Waals surface area contributed by atoms with Crippen molar-refractivity contribution in [3.8, 4) is 0 Å². The molecule has 2 nitrogen and oxygen atoms in total. The van der Waals surface area contributed by atoms with Crippen LogP contribution < -0.4 is 0 Å². The Bertz CT molecular complexity index is 48.9. The molecule has 0 bridgehead atoms. The lowest BCUT2D eigenvalue weighted by Crippen LogP contribution is -1.69. The molecule has 0 rings (SSSR count). The van der Waals surface area contributed by atoms with Crippen molar-refractivity contribution in [2.75, 3.05) is 6.61 Å². The second kappa shape index (κ2) is 9.49. The summed E-state index contributed by atoms with van der Waals surface area (Å²) in [7, 11) is 0.557. The van der Waals surface area contributed by atoms with E-state index in [9.17, 15) is 0 Å². The molecule has 0 atom stereocenters. The largest absolute Gasteiger partial charge is 0.412 e. The van der Waals surface area contributed by atoms with Crippen molar-refractivity contribution >= 4 is 19.4 Å². The Labute approximate surface area is 49.4 Å². The van der Waals surface area contributed by atoms with Gasteiger partial charge in [-0.1, -0.05) is 6.08 Å². The van der Waals surface area contributed by atoms with Crippen LogP contribution in [0, 0.1) is 0 Å². The summed E-state index contributed by atoms with van der Waals surface area (Å²) >= 11 is 4.42. The summed E-state index contributed by atoms with van der Waals surface area (Å²) in [6, 6.07) is 0. The van der Waals surface area contributed by atoms with E-state index in [4.69, 9.17) is 0 Å². The highest BCUT2D eigenvalue weighted by Gasteiger charge is 1.65. The lowest BCUT2D eigenvalue weighted by Gasteiger charge is -1.78. The average Bonchev–Trinajstić information content (AvgIpc) is 1.61. The van der Waals surface area contributed by atoms with Gasteiger partial charge >= 0.3 is 0 Å². The topological polar surface area (TPSA) is 40.7 Å². The fourth-order valence-electron chi connectivity index (χ4n) is 0.0831. The quantitative estimate of drug-likeness (QED) is 0.327. The van der Waals surface area contributed by atoms with Crippen molar-refractivity contribution < 1.29 is 10.00 Å². The van der Waals surface area contributed by atoms with Gasteiger partial charge in [0.25, 0.3) is 0 Å². The molecule has 0 amide bonds. The molecular formula is C3H7O2PS. The highest BCUT2D eigenvalue weighted by Crippen LogP contribution is 1.91. The summed E-state index contributed by atoms with van der Waals surface area (Å²) in [5.41, 5.74) is 0. The minimum Gasteiger partial charge on any atom is -0.412 e. The maximum Gasteiger partial charge on any atom is 0.137 e. The van der Waals surface area contributed by atoms with Crippen LogP contribution in [0.1, 0.15) is 0 Å². The Balaban J connectivity index is 0. The number of hydrogen-bond donors (Lipinski definition) is 0. The number of hydrogen-bond acceptors (Lipinski definition) is 2. The van der Waals surface area contributed by atoms with Crippen LogP contribution in [-0.2, 0) is 16.3 Å². The van der Waals surface area contributed by atoms with Gasteiger partial charge in [-0.05, 0) is 11.8 Å². The fourth-order valence-corrected chi connectivity index (χ4v) is 0.432. The zero-order chi connectivity index (χ0) is 4.83. The van der Waals surface area contributed by atoms with E-state index in [1.165, 1.54) is 0 Å². The molecule has 0 spiro atoms. The lowest BCUT2D eigenvalue weighted by molar-refractivity contribution is 0.426. The maximum atomic E-state index is 4.65. The average molecular weight is 138 g/mol. The SMILES string of the molecule is C=CCOP=S.O. The number of rotatable bonds is 3. The molecule has 0 aliphatic carbocycles. The van der Waals surface area contributed by atoms with Gasteiger partial charge in [0.2, 0.25) is 0 Å². The zero-order valence-corrected chi connectivity index (χ0v) is 5.47. The molecule has 0 fully saturated rings. The summed E-state index contributed by atoms with van der Waals surface area (Å²) in [5.74, 6) is 0. The van der Waals surface area contributed by atoms with Gasteiger partial charge in [-0.25, -0.2) is 0 Å². The molecule has 0 saturated heterocycles. The van der Waals surface area contributed by atoms with Gasteiger partial charge in [-0.3, -0.25) is 0 Å². The van der Waals surface area contributed by atoms with Gasteiger partial charge in [0, 0.05) is 0 Å². The van der Waals surface area contributed by atoms with Gasteiger partial charge < -0.3 is 10.00 Å². The summed E-state index contributed by atoms with van der Waals surface area (Å²) in [4.78, 5) is 0. The summed E-state index contributed by atoms with van der Waals surface area (Å²) in [6.45, 7) is 3.98. The maximum absolute atomic E-state index is 4.65. The predicted octanol–water partition coefficient (Wildman–Crippen LogP) is 0.687. The third-order valence-electron chi connectivity index (χ3n) is 0.245. The second-order valence-electron chi connectivity index (χ2n) is 0.659. The van der Waals surface area contributed by atoms with Crippen LogP contribution in [0.25, 0.3) is 0 Å². The first-order valence-corrected chi connectivity index (χ1v) is 3.30. The zero-order valence-electron chi connectivity index (χ0n) is 3.76. The third-order valence-corrected chi connectivity index (χ3v) is 0.816. The monoisotopic (exact) mass is 138 g/mol. The van der Waals surface area contributed by atoms with Crippen LogP contribution in [-0.4, -0.2) is 12.1 Å². The minimum atomic E-state index is 0. The molecule has 7 heavy (non-hydrogen) atoms. The molecule has 0 aromatic rings. The van der Waals surface area contributed by atoms with Crippen molar-refractivity contribution in [3.05, 3.63) is 12.7 Å². The van der Waals surface area contributed by atoms with E-state index in [2.05, 4.69) is 22.9 Å². The van der Waals surface area contributed by atoms with Gasteiger partial charge in [-0.2, -0.15) is 0 Å². The Kier molecular flexibility index (Phi) is 13.9. The molecule has 42 valence electrons.